The van der Waals surface area contributed by atoms with Gasteiger partial charge in [0.2, 0.25) is 5.75 Å². The number of carbonyl (C=O) groups is 1. The van der Waals surface area contributed by atoms with Crippen molar-refractivity contribution in [2.45, 2.75) is 32.1 Å². The fourth-order valence-electron chi connectivity index (χ4n) is 2.92. The second-order valence-corrected chi connectivity index (χ2v) is 6.00. The van der Waals surface area contributed by atoms with E-state index in [1.807, 2.05) is 0 Å². The van der Waals surface area contributed by atoms with Crippen molar-refractivity contribution >= 4 is 5.91 Å². The van der Waals surface area contributed by atoms with Crippen molar-refractivity contribution in [2.24, 2.45) is 5.92 Å². The molecule has 2 aromatic rings. The number of amides is 1. The number of hydrogen-bond donors (Lipinski definition) is 3. The minimum Gasteiger partial charge on any atom is -0.501 e. The predicted octanol–water partition coefficient (Wildman–Crippen LogP) is 2.26. The summed E-state index contributed by atoms with van der Waals surface area (Å²) in [7, 11) is 0. The van der Waals surface area contributed by atoms with Crippen molar-refractivity contribution in [3.63, 3.8) is 0 Å². The first-order valence-corrected chi connectivity index (χ1v) is 8.14. The first-order valence-electron chi connectivity index (χ1n) is 8.14. The van der Waals surface area contributed by atoms with Crippen LogP contribution in [-0.2, 0) is 0 Å². The van der Waals surface area contributed by atoms with Crippen LogP contribution in [0.4, 0.5) is 0 Å². The molecule has 0 unspecified atom stereocenters. The Labute approximate surface area is 139 Å². The van der Waals surface area contributed by atoms with Gasteiger partial charge in [0.15, 0.2) is 11.5 Å². The van der Waals surface area contributed by atoms with Crippen molar-refractivity contribution in [3.8, 4) is 23.1 Å². The largest absolute Gasteiger partial charge is 0.501 e. The zero-order valence-corrected chi connectivity index (χ0v) is 13.3. The van der Waals surface area contributed by atoms with Gasteiger partial charge in [-0.1, -0.05) is 25.3 Å². The fraction of sp³-hybridized carbons (Fsp3) is 0.412. The van der Waals surface area contributed by atoms with Crippen LogP contribution in [0.15, 0.2) is 24.4 Å². The van der Waals surface area contributed by atoms with Crippen LogP contribution >= 0.6 is 0 Å². The van der Waals surface area contributed by atoms with Gasteiger partial charge in [-0.15, -0.1) is 0 Å². The second-order valence-electron chi connectivity index (χ2n) is 6.00. The van der Waals surface area contributed by atoms with Crippen molar-refractivity contribution in [1.29, 1.82) is 0 Å². The highest BCUT2D eigenvalue weighted by molar-refractivity contribution is 5.95. The maximum absolute atomic E-state index is 12.4. The molecule has 1 saturated carbocycles. The average molecular weight is 328 g/mol. The normalized spacial score (nSPS) is 15.2. The molecule has 0 aromatic carbocycles. The SMILES string of the molecule is O=C(NCC1CCCCC1)c1nc(-c2ccccn2)nc(O)c1O. The molecule has 0 spiro atoms. The molecule has 1 aliphatic carbocycles. The monoisotopic (exact) mass is 328 g/mol. The zero-order valence-electron chi connectivity index (χ0n) is 13.3. The van der Waals surface area contributed by atoms with Crippen molar-refractivity contribution in [3.05, 3.63) is 30.1 Å². The molecule has 0 saturated heterocycles. The van der Waals surface area contributed by atoms with Crippen LogP contribution in [0.1, 0.15) is 42.6 Å². The number of pyridine rings is 1. The molecule has 3 N–H and O–H groups in total. The highest BCUT2D eigenvalue weighted by atomic mass is 16.3. The maximum Gasteiger partial charge on any atom is 0.274 e. The summed E-state index contributed by atoms with van der Waals surface area (Å²) in [4.78, 5) is 24.3. The van der Waals surface area contributed by atoms with E-state index >= 15 is 0 Å². The Bertz CT molecular complexity index is 715. The Hall–Kier alpha value is -2.70. The number of aromatic hydroxyl groups is 2. The molecule has 24 heavy (non-hydrogen) atoms. The summed E-state index contributed by atoms with van der Waals surface area (Å²) in [6.07, 6.45) is 7.37. The number of nitrogens with zero attached hydrogens (tertiary/aromatic N) is 3. The fourth-order valence-corrected chi connectivity index (χ4v) is 2.92. The Morgan fingerprint density at radius 1 is 1.17 bits per heavy atom. The molecule has 3 rings (SSSR count). The van der Waals surface area contributed by atoms with E-state index in [4.69, 9.17) is 0 Å². The smallest absolute Gasteiger partial charge is 0.274 e. The van der Waals surface area contributed by atoms with Crippen LogP contribution in [0.5, 0.6) is 11.6 Å². The lowest BCUT2D eigenvalue weighted by atomic mass is 9.89. The van der Waals surface area contributed by atoms with Gasteiger partial charge in [-0.3, -0.25) is 9.78 Å². The van der Waals surface area contributed by atoms with E-state index in [9.17, 15) is 15.0 Å². The number of nitrogens with one attached hydrogen (secondary N) is 1. The molecular formula is C17H20N4O3. The third kappa shape index (κ3) is 3.61. The van der Waals surface area contributed by atoms with Gasteiger partial charge in [-0.05, 0) is 30.9 Å². The van der Waals surface area contributed by atoms with Crippen molar-refractivity contribution in [2.75, 3.05) is 6.54 Å². The molecule has 1 amide bonds. The third-order valence-electron chi connectivity index (χ3n) is 4.25. The third-order valence-corrected chi connectivity index (χ3v) is 4.25. The summed E-state index contributed by atoms with van der Waals surface area (Å²) >= 11 is 0. The van der Waals surface area contributed by atoms with Crippen LogP contribution in [-0.4, -0.2) is 37.6 Å². The van der Waals surface area contributed by atoms with E-state index in [-0.39, 0.29) is 11.5 Å². The van der Waals surface area contributed by atoms with Crippen LogP contribution in [0.2, 0.25) is 0 Å². The highest BCUT2D eigenvalue weighted by Gasteiger charge is 2.22. The lowest BCUT2D eigenvalue weighted by Crippen LogP contribution is -2.31. The van der Waals surface area contributed by atoms with Gasteiger partial charge in [-0.2, -0.15) is 4.98 Å². The molecule has 0 aliphatic heterocycles. The maximum atomic E-state index is 12.4. The lowest BCUT2D eigenvalue weighted by Gasteiger charge is -2.21. The first-order chi connectivity index (χ1) is 11.6. The van der Waals surface area contributed by atoms with Crippen molar-refractivity contribution in [1.82, 2.24) is 20.3 Å². The molecular weight excluding hydrogens is 308 g/mol. The molecule has 126 valence electrons. The molecule has 7 heteroatoms. The topological polar surface area (TPSA) is 108 Å². The van der Waals surface area contributed by atoms with Gasteiger partial charge in [0.25, 0.3) is 11.8 Å². The van der Waals surface area contributed by atoms with E-state index in [1.54, 1.807) is 24.4 Å². The number of hydrogen-bond acceptors (Lipinski definition) is 6. The van der Waals surface area contributed by atoms with E-state index in [2.05, 4.69) is 20.3 Å². The minimum atomic E-state index is -0.631. The molecule has 7 nitrogen and oxygen atoms in total. The van der Waals surface area contributed by atoms with Crippen LogP contribution in [0, 0.1) is 5.92 Å². The number of aromatic nitrogens is 3. The summed E-state index contributed by atoms with van der Waals surface area (Å²) in [6, 6.07) is 5.15. The van der Waals surface area contributed by atoms with Crippen LogP contribution < -0.4 is 5.32 Å². The zero-order chi connectivity index (χ0) is 16.9. The molecule has 1 fully saturated rings. The van der Waals surface area contributed by atoms with Gasteiger partial charge in [0.05, 0.1) is 0 Å². The summed E-state index contributed by atoms with van der Waals surface area (Å²) in [6.45, 7) is 0.544. The van der Waals surface area contributed by atoms with Gasteiger partial charge in [0, 0.05) is 12.7 Å². The molecule has 2 heterocycles. The first kappa shape index (κ1) is 16.2. The van der Waals surface area contributed by atoms with Gasteiger partial charge in [0.1, 0.15) is 5.69 Å². The Morgan fingerprint density at radius 3 is 2.67 bits per heavy atom. The van der Waals surface area contributed by atoms with Crippen LogP contribution in [0.25, 0.3) is 11.5 Å². The summed E-state index contributed by atoms with van der Waals surface area (Å²) in [5, 5.41) is 22.5. The molecule has 0 atom stereocenters. The molecule has 0 radical (unpaired) electrons. The molecule has 1 aliphatic rings. The predicted molar refractivity (Wildman–Crippen MR) is 87.5 cm³/mol. The van der Waals surface area contributed by atoms with Gasteiger partial charge in [-0.25, -0.2) is 4.98 Å². The van der Waals surface area contributed by atoms with E-state index in [0.717, 1.165) is 12.8 Å². The van der Waals surface area contributed by atoms with E-state index in [1.165, 1.54) is 19.3 Å². The number of carbonyl (C=O) groups excluding carboxylic acids is 1. The Morgan fingerprint density at radius 2 is 1.96 bits per heavy atom. The Balaban J connectivity index is 1.78. The summed E-state index contributed by atoms with van der Waals surface area (Å²) in [5.41, 5.74) is 0.174. The Kier molecular flexibility index (Phi) is 4.88. The minimum absolute atomic E-state index is 0.0914. The van der Waals surface area contributed by atoms with E-state index < -0.39 is 17.5 Å². The quantitative estimate of drug-likeness (QED) is 0.794. The standard InChI is InChI=1S/C17H20N4O3/c22-14-13(16(23)19-10-11-6-2-1-3-7-11)20-15(21-17(14)24)12-8-4-5-9-18-12/h4-5,8-9,11,22H,1-3,6-7,10H2,(H,19,23)(H,20,21,24). The molecule has 2 aromatic heterocycles. The second kappa shape index (κ2) is 7.25. The number of rotatable bonds is 4. The average Bonchev–Trinajstić information content (AvgIpc) is 2.63. The highest BCUT2D eigenvalue weighted by Crippen LogP contribution is 2.28. The summed E-state index contributed by atoms with van der Waals surface area (Å²) in [5.74, 6) is -1.22. The van der Waals surface area contributed by atoms with E-state index in [0.29, 0.717) is 18.2 Å². The lowest BCUT2D eigenvalue weighted by molar-refractivity contribution is 0.0934. The molecule has 0 bridgehead atoms. The van der Waals surface area contributed by atoms with Gasteiger partial charge >= 0.3 is 0 Å². The summed E-state index contributed by atoms with van der Waals surface area (Å²) < 4.78 is 0. The van der Waals surface area contributed by atoms with Crippen molar-refractivity contribution < 1.29 is 15.0 Å². The van der Waals surface area contributed by atoms with Crippen LogP contribution in [0.3, 0.4) is 0 Å². The van der Waals surface area contributed by atoms with Gasteiger partial charge < -0.3 is 15.5 Å².